The first-order valence-corrected chi connectivity index (χ1v) is 11.4. The van der Waals surface area contributed by atoms with Crippen molar-refractivity contribution in [2.24, 2.45) is 0 Å². The van der Waals surface area contributed by atoms with Gasteiger partial charge in [-0.2, -0.15) is 0 Å². The monoisotopic (exact) mass is 448 g/mol. The van der Waals surface area contributed by atoms with Crippen LogP contribution in [0.2, 0.25) is 10.0 Å². The molecule has 1 aliphatic rings. The van der Waals surface area contributed by atoms with Crippen molar-refractivity contribution in [3.05, 3.63) is 63.9 Å². The number of rotatable bonds is 8. The molecule has 0 N–H and O–H groups in total. The number of amides is 1. The molecule has 30 heavy (non-hydrogen) atoms. The van der Waals surface area contributed by atoms with Gasteiger partial charge in [0.15, 0.2) is 0 Å². The maximum atomic E-state index is 13.2. The molecule has 0 bridgehead atoms. The van der Waals surface area contributed by atoms with Crippen LogP contribution in [0.4, 0.5) is 0 Å². The maximum absolute atomic E-state index is 13.2. The zero-order chi connectivity index (χ0) is 21.5. The van der Waals surface area contributed by atoms with Crippen molar-refractivity contribution >= 4 is 29.1 Å². The molecule has 2 aromatic rings. The molecule has 1 saturated heterocycles. The minimum Gasteiger partial charge on any atom is -0.331 e. The van der Waals surface area contributed by atoms with Crippen molar-refractivity contribution < 1.29 is 4.79 Å². The van der Waals surface area contributed by atoms with Crippen LogP contribution in [0.25, 0.3) is 0 Å². The van der Waals surface area contributed by atoms with Crippen LogP contribution in [0.5, 0.6) is 0 Å². The fraction of sp³-hybridized carbons (Fsp3) is 0.478. The molecule has 5 nitrogen and oxygen atoms in total. The normalized spacial score (nSPS) is 17.5. The molecule has 0 aliphatic carbocycles. The number of hydrogen-bond donors (Lipinski definition) is 0. The molecule has 0 radical (unpaired) electrons. The van der Waals surface area contributed by atoms with E-state index in [-0.39, 0.29) is 11.9 Å². The second kappa shape index (κ2) is 11.1. The molecule has 0 saturated carbocycles. The third kappa shape index (κ3) is 5.94. The van der Waals surface area contributed by atoms with Gasteiger partial charge < -0.3 is 4.90 Å². The molecule has 7 heteroatoms. The van der Waals surface area contributed by atoms with Crippen molar-refractivity contribution in [3.8, 4) is 0 Å². The van der Waals surface area contributed by atoms with E-state index in [0.29, 0.717) is 29.4 Å². The minimum absolute atomic E-state index is 0.0382. The lowest BCUT2D eigenvalue weighted by Gasteiger charge is -2.42. The van der Waals surface area contributed by atoms with E-state index < -0.39 is 0 Å². The van der Waals surface area contributed by atoms with Crippen molar-refractivity contribution in [2.75, 3.05) is 39.4 Å². The van der Waals surface area contributed by atoms with Crippen LogP contribution in [0.1, 0.15) is 37.6 Å². The SMILES string of the molecule is CCN(CC)CN1CCN(C(=O)CCc2ccc(Cl)cc2Cl)C(c2ccccn2)C1. The lowest BCUT2D eigenvalue weighted by atomic mass is 10.0. The van der Waals surface area contributed by atoms with Gasteiger partial charge in [-0.1, -0.05) is 49.2 Å². The summed E-state index contributed by atoms with van der Waals surface area (Å²) >= 11 is 12.3. The fourth-order valence-electron chi connectivity index (χ4n) is 3.91. The molecule has 162 valence electrons. The van der Waals surface area contributed by atoms with Crippen LogP contribution in [0, 0.1) is 0 Å². The first-order valence-electron chi connectivity index (χ1n) is 10.6. The molecule has 1 amide bonds. The highest BCUT2D eigenvalue weighted by Crippen LogP contribution is 2.27. The van der Waals surface area contributed by atoms with Crippen molar-refractivity contribution in [3.63, 3.8) is 0 Å². The summed E-state index contributed by atoms with van der Waals surface area (Å²) in [6, 6.07) is 11.3. The summed E-state index contributed by atoms with van der Waals surface area (Å²) in [6.45, 7) is 9.68. The lowest BCUT2D eigenvalue weighted by Crippen LogP contribution is -2.53. The molecule has 1 unspecified atom stereocenters. The number of carbonyl (C=O) groups is 1. The summed E-state index contributed by atoms with van der Waals surface area (Å²) in [6.07, 6.45) is 2.82. The zero-order valence-corrected chi connectivity index (χ0v) is 19.2. The average Bonchev–Trinajstić information content (AvgIpc) is 2.77. The molecule has 3 rings (SSSR count). The third-order valence-corrected chi connectivity index (χ3v) is 6.32. The van der Waals surface area contributed by atoms with Crippen molar-refractivity contribution in [1.29, 1.82) is 0 Å². The Morgan fingerprint density at radius 3 is 2.63 bits per heavy atom. The Kier molecular flexibility index (Phi) is 8.51. The molecule has 1 aliphatic heterocycles. The number of aryl methyl sites for hydroxylation is 1. The van der Waals surface area contributed by atoms with E-state index in [2.05, 4.69) is 28.6 Å². The smallest absolute Gasteiger partial charge is 0.223 e. The summed E-state index contributed by atoms with van der Waals surface area (Å²) in [5, 5.41) is 1.22. The molecule has 1 aromatic heterocycles. The van der Waals surface area contributed by atoms with E-state index in [1.54, 1.807) is 12.3 Å². The fourth-order valence-corrected chi connectivity index (χ4v) is 4.41. The lowest BCUT2D eigenvalue weighted by molar-refractivity contribution is -0.137. The zero-order valence-electron chi connectivity index (χ0n) is 17.7. The van der Waals surface area contributed by atoms with Gasteiger partial charge in [0.2, 0.25) is 5.91 Å². The molecular weight excluding hydrogens is 419 g/mol. The molecular formula is C23H30Cl2N4O. The number of carbonyl (C=O) groups excluding carboxylic acids is 1. The number of aromatic nitrogens is 1. The van der Waals surface area contributed by atoms with Gasteiger partial charge in [-0.25, -0.2) is 0 Å². The van der Waals surface area contributed by atoms with Gasteiger partial charge in [0.05, 0.1) is 18.4 Å². The first-order chi connectivity index (χ1) is 14.5. The predicted octanol–water partition coefficient (Wildman–Crippen LogP) is 4.51. The van der Waals surface area contributed by atoms with Gasteiger partial charge in [0.25, 0.3) is 0 Å². The minimum atomic E-state index is -0.0382. The Balaban J connectivity index is 1.70. The Bertz CT molecular complexity index is 829. The second-order valence-electron chi connectivity index (χ2n) is 7.61. The molecule has 2 heterocycles. The summed E-state index contributed by atoms with van der Waals surface area (Å²) < 4.78 is 0. The molecule has 1 atom stereocenters. The number of piperazine rings is 1. The Morgan fingerprint density at radius 2 is 1.97 bits per heavy atom. The van der Waals surface area contributed by atoms with Crippen molar-refractivity contribution in [2.45, 2.75) is 32.7 Å². The van der Waals surface area contributed by atoms with E-state index in [9.17, 15) is 4.79 Å². The maximum Gasteiger partial charge on any atom is 0.223 e. The summed E-state index contributed by atoms with van der Waals surface area (Å²) in [7, 11) is 0. The quantitative estimate of drug-likeness (QED) is 0.595. The van der Waals surface area contributed by atoms with Crippen LogP contribution in [0.3, 0.4) is 0 Å². The van der Waals surface area contributed by atoms with Gasteiger partial charge in [0.1, 0.15) is 0 Å². The number of halogens is 2. The summed E-state index contributed by atoms with van der Waals surface area (Å²) in [5.41, 5.74) is 1.89. The first kappa shape index (κ1) is 23.0. The molecule has 0 spiro atoms. The highest BCUT2D eigenvalue weighted by Gasteiger charge is 2.32. The predicted molar refractivity (Wildman–Crippen MR) is 123 cm³/mol. The molecule has 1 fully saturated rings. The second-order valence-corrected chi connectivity index (χ2v) is 8.46. The number of nitrogens with zero attached hydrogens (tertiary/aromatic N) is 4. The van der Waals surface area contributed by atoms with Crippen LogP contribution >= 0.6 is 23.2 Å². The molecule has 1 aromatic carbocycles. The highest BCUT2D eigenvalue weighted by atomic mass is 35.5. The van der Waals surface area contributed by atoms with E-state index >= 15 is 0 Å². The van der Waals surface area contributed by atoms with Crippen LogP contribution in [-0.4, -0.2) is 65.0 Å². The highest BCUT2D eigenvalue weighted by molar-refractivity contribution is 6.35. The van der Waals surface area contributed by atoms with Crippen LogP contribution in [-0.2, 0) is 11.2 Å². The van der Waals surface area contributed by atoms with E-state index in [0.717, 1.165) is 44.1 Å². The standard InChI is InChI=1S/C23H30Cl2N4O/c1-3-27(4-2)17-28-13-14-29(22(16-28)21-7-5-6-12-26-21)23(30)11-9-18-8-10-19(24)15-20(18)25/h5-8,10,12,15,22H,3-4,9,11,13-14,16-17H2,1-2H3. The van der Waals surface area contributed by atoms with Crippen LogP contribution < -0.4 is 0 Å². The van der Waals surface area contributed by atoms with Gasteiger partial charge in [0, 0.05) is 42.3 Å². The Labute approximate surface area is 189 Å². The van der Waals surface area contributed by atoms with Gasteiger partial charge in [-0.15, -0.1) is 0 Å². The number of benzene rings is 1. The van der Waals surface area contributed by atoms with Gasteiger partial charge >= 0.3 is 0 Å². The van der Waals surface area contributed by atoms with E-state index in [1.165, 1.54) is 0 Å². The van der Waals surface area contributed by atoms with Crippen molar-refractivity contribution in [1.82, 2.24) is 19.7 Å². The van der Waals surface area contributed by atoms with E-state index in [1.807, 2.05) is 35.2 Å². The Hall–Kier alpha value is -1.66. The largest absolute Gasteiger partial charge is 0.331 e. The topological polar surface area (TPSA) is 39.7 Å². The number of pyridine rings is 1. The van der Waals surface area contributed by atoms with Gasteiger partial charge in [-0.3, -0.25) is 19.6 Å². The average molecular weight is 449 g/mol. The van der Waals surface area contributed by atoms with E-state index in [4.69, 9.17) is 23.2 Å². The van der Waals surface area contributed by atoms with Gasteiger partial charge in [-0.05, 0) is 49.3 Å². The third-order valence-electron chi connectivity index (χ3n) is 5.73. The Morgan fingerprint density at radius 1 is 1.17 bits per heavy atom. The summed E-state index contributed by atoms with van der Waals surface area (Å²) in [4.78, 5) is 24.5. The number of hydrogen-bond acceptors (Lipinski definition) is 4. The van der Waals surface area contributed by atoms with Crippen LogP contribution in [0.15, 0.2) is 42.6 Å². The summed E-state index contributed by atoms with van der Waals surface area (Å²) in [5.74, 6) is 0.138.